The molecule has 2 heterocycles. The highest BCUT2D eigenvalue weighted by Crippen LogP contribution is 2.17. The second-order valence-corrected chi connectivity index (χ2v) is 6.36. The topological polar surface area (TPSA) is 126 Å². The smallest absolute Gasteiger partial charge is 0.330 e. The molecule has 0 saturated carbocycles. The maximum atomic E-state index is 12.3. The van der Waals surface area contributed by atoms with Crippen molar-refractivity contribution in [2.24, 2.45) is 0 Å². The van der Waals surface area contributed by atoms with Crippen molar-refractivity contribution in [3.63, 3.8) is 0 Å². The first-order chi connectivity index (χ1) is 12.9. The van der Waals surface area contributed by atoms with Gasteiger partial charge in [0, 0.05) is 19.3 Å². The summed E-state index contributed by atoms with van der Waals surface area (Å²) < 4.78 is 1.32. The average molecular weight is 395 g/mol. The monoisotopic (exact) mass is 394 g/mol. The minimum Gasteiger partial charge on any atom is -0.383 e. The van der Waals surface area contributed by atoms with E-state index in [4.69, 9.17) is 17.3 Å². The first-order valence-corrected chi connectivity index (χ1v) is 9.04. The lowest BCUT2D eigenvalue weighted by molar-refractivity contribution is -0.115. The van der Waals surface area contributed by atoms with Gasteiger partial charge in [0.15, 0.2) is 0 Å². The molecule has 4 N–H and O–H groups in total. The maximum absolute atomic E-state index is 12.3. The Kier molecular flexibility index (Phi) is 7.00. The normalized spacial score (nSPS) is 10.6. The number of carbonyl (C=O) groups excluding carboxylic acids is 1. The van der Waals surface area contributed by atoms with Gasteiger partial charge in [0.1, 0.15) is 17.3 Å². The highest BCUT2D eigenvalue weighted by molar-refractivity contribution is 6.30. The minimum absolute atomic E-state index is 0.0523. The molecule has 2 aromatic rings. The van der Waals surface area contributed by atoms with Gasteiger partial charge in [-0.1, -0.05) is 24.9 Å². The number of nitrogens with zero attached hydrogens (tertiary/aromatic N) is 3. The Morgan fingerprint density at radius 3 is 2.70 bits per heavy atom. The number of likely N-dealkylation sites (N-methyl/N-ethyl adjacent to an activating group) is 1. The fraction of sp³-hybridized carbons (Fsp3) is 0.412. The highest BCUT2D eigenvalue weighted by atomic mass is 35.5. The molecule has 27 heavy (non-hydrogen) atoms. The Balaban J connectivity index is 2.25. The Bertz CT molecular complexity index is 906. The summed E-state index contributed by atoms with van der Waals surface area (Å²) in [6, 6.07) is 3.18. The van der Waals surface area contributed by atoms with Gasteiger partial charge in [-0.2, -0.15) is 0 Å². The predicted molar refractivity (Wildman–Crippen MR) is 106 cm³/mol. The second kappa shape index (κ2) is 9.22. The van der Waals surface area contributed by atoms with E-state index in [1.165, 1.54) is 15.7 Å². The molecular formula is C17H23ClN6O3. The van der Waals surface area contributed by atoms with Crippen LogP contribution in [0, 0.1) is 0 Å². The summed E-state index contributed by atoms with van der Waals surface area (Å²) in [5.74, 6) is 0.0171. The first kappa shape index (κ1) is 20.5. The van der Waals surface area contributed by atoms with Crippen LogP contribution in [0.4, 0.5) is 17.3 Å². The Hall–Kier alpha value is -2.81. The van der Waals surface area contributed by atoms with E-state index in [1.54, 1.807) is 19.1 Å². The van der Waals surface area contributed by atoms with Gasteiger partial charge in [-0.15, -0.1) is 0 Å². The molecule has 10 heteroatoms. The summed E-state index contributed by atoms with van der Waals surface area (Å²) in [7, 11) is 0. The standard InChI is InChI=1S/C17H23ClN6O3/c1-3-5-8-24-15(19)14(16(26)22-17(24)27)23(4-2)10-13(25)21-12-7-6-11(18)9-20-12/h6-7,9H,3-5,8,10,19H2,1-2H3,(H,20,21,25)(H,22,26,27). The van der Waals surface area contributed by atoms with E-state index in [2.05, 4.69) is 15.3 Å². The van der Waals surface area contributed by atoms with Gasteiger partial charge in [-0.05, 0) is 25.5 Å². The van der Waals surface area contributed by atoms with Gasteiger partial charge in [-0.3, -0.25) is 19.1 Å². The molecule has 0 spiro atoms. The number of nitrogens with two attached hydrogens (primary N) is 1. The lowest BCUT2D eigenvalue weighted by atomic mass is 10.3. The largest absolute Gasteiger partial charge is 0.383 e. The summed E-state index contributed by atoms with van der Waals surface area (Å²) >= 11 is 5.77. The molecule has 146 valence electrons. The maximum Gasteiger partial charge on any atom is 0.330 e. The van der Waals surface area contributed by atoms with E-state index in [-0.39, 0.29) is 24.0 Å². The first-order valence-electron chi connectivity index (χ1n) is 8.66. The number of carbonyl (C=O) groups is 1. The number of unbranched alkanes of at least 4 members (excludes halogenated alkanes) is 1. The number of rotatable bonds is 8. The van der Waals surface area contributed by atoms with E-state index in [0.717, 1.165) is 12.8 Å². The van der Waals surface area contributed by atoms with Crippen molar-refractivity contribution in [1.82, 2.24) is 14.5 Å². The molecule has 0 saturated heterocycles. The van der Waals surface area contributed by atoms with Crippen molar-refractivity contribution in [2.45, 2.75) is 33.2 Å². The van der Waals surface area contributed by atoms with Crippen LogP contribution in [0.25, 0.3) is 0 Å². The third kappa shape index (κ3) is 5.10. The molecular weight excluding hydrogens is 372 g/mol. The Morgan fingerprint density at radius 1 is 1.37 bits per heavy atom. The van der Waals surface area contributed by atoms with Crippen molar-refractivity contribution in [3.8, 4) is 0 Å². The van der Waals surface area contributed by atoms with Crippen molar-refractivity contribution in [1.29, 1.82) is 0 Å². The third-order valence-electron chi connectivity index (χ3n) is 3.98. The van der Waals surface area contributed by atoms with E-state index in [1.807, 2.05) is 6.92 Å². The van der Waals surface area contributed by atoms with Crippen molar-refractivity contribution >= 4 is 34.8 Å². The van der Waals surface area contributed by atoms with Crippen LogP contribution in [0.2, 0.25) is 5.02 Å². The van der Waals surface area contributed by atoms with Crippen LogP contribution in [0.5, 0.6) is 0 Å². The quantitative estimate of drug-likeness (QED) is 0.621. The average Bonchev–Trinajstić information content (AvgIpc) is 2.62. The Morgan fingerprint density at radius 2 is 2.11 bits per heavy atom. The highest BCUT2D eigenvalue weighted by Gasteiger charge is 2.20. The van der Waals surface area contributed by atoms with Crippen LogP contribution in [-0.2, 0) is 11.3 Å². The second-order valence-electron chi connectivity index (χ2n) is 5.92. The van der Waals surface area contributed by atoms with Crippen LogP contribution < -0.4 is 27.2 Å². The molecule has 0 aliphatic heterocycles. The number of H-pyrrole nitrogens is 1. The number of pyridine rings is 1. The van der Waals surface area contributed by atoms with E-state index in [9.17, 15) is 14.4 Å². The number of nitrogen functional groups attached to an aromatic ring is 1. The fourth-order valence-corrected chi connectivity index (χ4v) is 2.69. The van der Waals surface area contributed by atoms with Gasteiger partial charge < -0.3 is 16.0 Å². The lowest BCUT2D eigenvalue weighted by Gasteiger charge is -2.24. The van der Waals surface area contributed by atoms with Crippen LogP contribution in [0.3, 0.4) is 0 Å². The van der Waals surface area contributed by atoms with E-state index >= 15 is 0 Å². The Labute approximate surface area is 161 Å². The predicted octanol–water partition coefficient (Wildman–Crippen LogP) is 1.43. The molecule has 0 aliphatic rings. The zero-order valence-corrected chi connectivity index (χ0v) is 16.0. The van der Waals surface area contributed by atoms with Crippen LogP contribution in [-0.4, -0.2) is 33.5 Å². The molecule has 2 rings (SSSR count). The van der Waals surface area contributed by atoms with Gasteiger partial charge in [0.2, 0.25) is 5.91 Å². The summed E-state index contributed by atoms with van der Waals surface area (Å²) in [4.78, 5) is 44.5. The fourth-order valence-electron chi connectivity index (χ4n) is 2.58. The van der Waals surface area contributed by atoms with Gasteiger partial charge in [0.25, 0.3) is 5.56 Å². The number of anilines is 3. The summed E-state index contributed by atoms with van der Waals surface area (Å²) in [6.45, 7) is 4.39. The van der Waals surface area contributed by atoms with Crippen molar-refractivity contribution in [2.75, 3.05) is 29.0 Å². The number of halogens is 1. The SMILES string of the molecule is CCCCn1c(N)c(N(CC)CC(=O)Nc2ccc(Cl)cn2)c(=O)[nH]c1=O. The van der Waals surface area contributed by atoms with Gasteiger partial charge in [-0.25, -0.2) is 9.78 Å². The van der Waals surface area contributed by atoms with Crippen LogP contribution >= 0.6 is 11.6 Å². The number of aromatic nitrogens is 3. The minimum atomic E-state index is -0.621. The molecule has 0 aromatic carbocycles. The zero-order chi connectivity index (χ0) is 20.0. The molecule has 9 nitrogen and oxygen atoms in total. The van der Waals surface area contributed by atoms with Gasteiger partial charge in [0.05, 0.1) is 11.6 Å². The summed E-state index contributed by atoms with van der Waals surface area (Å²) in [5, 5.41) is 3.09. The van der Waals surface area contributed by atoms with E-state index in [0.29, 0.717) is 23.9 Å². The molecule has 0 unspecified atom stereocenters. The molecule has 2 aromatic heterocycles. The van der Waals surface area contributed by atoms with E-state index < -0.39 is 11.2 Å². The van der Waals surface area contributed by atoms with Gasteiger partial charge >= 0.3 is 5.69 Å². The van der Waals surface area contributed by atoms with Crippen LogP contribution in [0.15, 0.2) is 27.9 Å². The molecule has 0 atom stereocenters. The molecule has 0 bridgehead atoms. The number of hydrogen-bond acceptors (Lipinski definition) is 6. The van der Waals surface area contributed by atoms with Crippen molar-refractivity contribution in [3.05, 3.63) is 44.2 Å². The number of amides is 1. The molecule has 1 amide bonds. The zero-order valence-electron chi connectivity index (χ0n) is 15.3. The summed E-state index contributed by atoms with van der Waals surface area (Å²) in [6.07, 6.45) is 3.03. The lowest BCUT2D eigenvalue weighted by Crippen LogP contribution is -2.41. The summed E-state index contributed by atoms with van der Waals surface area (Å²) in [5.41, 5.74) is 5.02. The number of hydrogen-bond donors (Lipinski definition) is 3. The molecule has 0 radical (unpaired) electrons. The van der Waals surface area contributed by atoms with Crippen LogP contribution in [0.1, 0.15) is 26.7 Å². The molecule has 0 fully saturated rings. The third-order valence-corrected chi connectivity index (χ3v) is 4.20. The molecule has 0 aliphatic carbocycles. The number of aromatic amines is 1. The van der Waals surface area contributed by atoms with Crippen molar-refractivity contribution < 1.29 is 4.79 Å². The number of nitrogens with one attached hydrogen (secondary N) is 2.